The molecule has 15 heteroatoms. The summed E-state index contributed by atoms with van der Waals surface area (Å²) in [6, 6.07) is 6.34. The number of amides is 2. The molecule has 48 heavy (non-hydrogen) atoms. The van der Waals surface area contributed by atoms with Crippen LogP contribution in [0.1, 0.15) is 52.8 Å². The van der Waals surface area contributed by atoms with Gasteiger partial charge in [-0.1, -0.05) is 6.58 Å². The van der Waals surface area contributed by atoms with Gasteiger partial charge < -0.3 is 14.8 Å². The van der Waals surface area contributed by atoms with Gasteiger partial charge in [-0.2, -0.15) is 14.3 Å². The van der Waals surface area contributed by atoms with Crippen LogP contribution >= 0.6 is 0 Å². The predicted molar refractivity (Wildman–Crippen MR) is 181 cm³/mol. The third-order valence-electron chi connectivity index (χ3n) is 7.25. The summed E-state index contributed by atoms with van der Waals surface area (Å²) in [5, 5.41) is 8.62. The molecule has 4 aromatic rings. The van der Waals surface area contributed by atoms with E-state index < -0.39 is 39.2 Å². The monoisotopic (exact) mass is 679 g/mol. The number of imide groups is 1. The lowest BCUT2D eigenvalue weighted by Gasteiger charge is -2.29. The molecule has 254 valence electrons. The van der Waals surface area contributed by atoms with Gasteiger partial charge in [0.05, 0.1) is 17.6 Å². The molecule has 3 aromatic heterocycles. The minimum Gasteiger partial charge on any atom is -0.443 e. The SMILES string of the molecule is C=C1CN(C)S(=O)(=O)Cn2nc(Nc3cc4cc(-c5cncc(N(C(=O)OC(C)(C)C)C(=O)OC(C)(C)C)c5C)c(F)cc4cn3)cc21. The maximum atomic E-state index is 15.7. The van der Waals surface area contributed by atoms with Crippen molar-refractivity contribution in [1.29, 1.82) is 0 Å². The molecule has 1 aromatic carbocycles. The first kappa shape index (κ1) is 34.4. The number of benzene rings is 1. The Balaban J connectivity index is 1.52. The molecular formula is C33H38FN7O6S. The molecule has 1 N–H and O–H groups in total. The van der Waals surface area contributed by atoms with E-state index in [1.165, 1.54) is 40.7 Å². The molecule has 5 rings (SSSR count). The van der Waals surface area contributed by atoms with Crippen molar-refractivity contribution in [1.82, 2.24) is 24.1 Å². The van der Waals surface area contributed by atoms with E-state index in [4.69, 9.17) is 9.47 Å². The Morgan fingerprint density at radius 3 is 2.21 bits per heavy atom. The highest BCUT2D eigenvalue weighted by molar-refractivity contribution is 7.88. The second kappa shape index (κ2) is 12.3. The summed E-state index contributed by atoms with van der Waals surface area (Å²) in [7, 11) is -2.08. The maximum absolute atomic E-state index is 15.7. The van der Waals surface area contributed by atoms with Crippen LogP contribution in [0, 0.1) is 12.7 Å². The van der Waals surface area contributed by atoms with Gasteiger partial charge >= 0.3 is 12.2 Å². The van der Waals surface area contributed by atoms with Gasteiger partial charge in [-0.15, -0.1) is 0 Å². The van der Waals surface area contributed by atoms with Crippen molar-refractivity contribution >= 4 is 55.9 Å². The molecule has 0 atom stereocenters. The highest BCUT2D eigenvalue weighted by atomic mass is 32.2. The highest BCUT2D eigenvalue weighted by Crippen LogP contribution is 2.35. The number of pyridine rings is 2. The van der Waals surface area contributed by atoms with Gasteiger partial charge in [-0.25, -0.2) is 32.1 Å². The van der Waals surface area contributed by atoms with Gasteiger partial charge in [0.1, 0.15) is 22.8 Å². The Kier molecular flexibility index (Phi) is 8.82. The predicted octanol–water partition coefficient (Wildman–Crippen LogP) is 6.61. The van der Waals surface area contributed by atoms with E-state index in [-0.39, 0.29) is 23.7 Å². The van der Waals surface area contributed by atoms with E-state index >= 15 is 4.39 Å². The summed E-state index contributed by atoms with van der Waals surface area (Å²) in [5.74, 6) is -0.171. The van der Waals surface area contributed by atoms with Gasteiger partial charge in [-0.3, -0.25) is 4.98 Å². The number of hydrogen-bond acceptors (Lipinski definition) is 10. The lowest BCUT2D eigenvalue weighted by Crippen LogP contribution is -2.44. The van der Waals surface area contributed by atoms with Crippen LogP contribution in [0.15, 0.2) is 49.4 Å². The number of fused-ring (bicyclic) bond motifs is 2. The van der Waals surface area contributed by atoms with E-state index in [0.717, 1.165) is 4.90 Å². The molecule has 13 nitrogen and oxygen atoms in total. The molecule has 1 aliphatic heterocycles. The van der Waals surface area contributed by atoms with E-state index in [9.17, 15) is 18.0 Å². The van der Waals surface area contributed by atoms with E-state index in [1.807, 2.05) is 0 Å². The Morgan fingerprint density at radius 2 is 1.58 bits per heavy atom. The van der Waals surface area contributed by atoms with Crippen molar-refractivity contribution in [2.75, 3.05) is 23.8 Å². The average Bonchev–Trinajstić information content (AvgIpc) is 3.30. The second-order valence-corrected chi connectivity index (χ2v) is 15.6. The van der Waals surface area contributed by atoms with Gasteiger partial charge in [0.25, 0.3) is 0 Å². The Hall–Kier alpha value is -4.89. The quantitative estimate of drug-likeness (QED) is 0.250. The standard InChI is InChI=1S/C33H38FN7O6S/c1-19-17-39(9)48(44,45)18-40-26(19)13-29(38-40)37-28-12-21-10-23(25(34)11-22(21)14-36-28)24-15-35-16-27(20(24)2)41(30(42)46-32(3,4)5)31(43)47-33(6,7)8/h10-16H,1,17-18H2,2-9H3,(H,36,37,38). The van der Waals surface area contributed by atoms with Crippen molar-refractivity contribution in [3.05, 3.63) is 66.5 Å². The number of nitrogens with zero attached hydrogens (tertiary/aromatic N) is 6. The number of rotatable bonds is 4. The van der Waals surface area contributed by atoms with Gasteiger partial charge in [0, 0.05) is 48.6 Å². The zero-order valence-corrected chi connectivity index (χ0v) is 28.9. The highest BCUT2D eigenvalue weighted by Gasteiger charge is 2.34. The van der Waals surface area contributed by atoms with Crippen molar-refractivity contribution in [3.8, 4) is 11.1 Å². The fourth-order valence-corrected chi connectivity index (χ4v) is 6.09. The summed E-state index contributed by atoms with van der Waals surface area (Å²) in [4.78, 5) is 36.0. The van der Waals surface area contributed by atoms with Crippen molar-refractivity contribution < 1.29 is 31.9 Å². The van der Waals surface area contributed by atoms with Crippen LogP contribution in [-0.4, -0.2) is 69.5 Å². The molecule has 0 saturated heterocycles. The number of carbonyl (C=O) groups is 2. The number of aromatic nitrogens is 4. The minimum atomic E-state index is -3.57. The van der Waals surface area contributed by atoms with Crippen molar-refractivity contribution in [2.45, 2.75) is 65.5 Å². The van der Waals surface area contributed by atoms with Crippen molar-refractivity contribution in [2.24, 2.45) is 0 Å². The molecule has 1 aliphatic rings. The van der Waals surface area contributed by atoms with E-state index in [1.54, 1.807) is 66.7 Å². The van der Waals surface area contributed by atoms with Gasteiger partial charge in [-0.05, 0) is 83.2 Å². The number of ether oxygens (including phenoxy) is 2. The van der Waals surface area contributed by atoms with E-state index in [0.29, 0.717) is 44.8 Å². The van der Waals surface area contributed by atoms with Gasteiger partial charge in [0.2, 0.25) is 10.0 Å². The summed E-state index contributed by atoms with van der Waals surface area (Å²) in [6.45, 7) is 15.8. The minimum absolute atomic E-state index is 0.0712. The first-order valence-electron chi connectivity index (χ1n) is 15.0. The molecule has 4 heterocycles. The number of halogens is 1. The van der Waals surface area contributed by atoms with Crippen LogP contribution in [-0.2, 0) is 25.4 Å². The lowest BCUT2D eigenvalue weighted by molar-refractivity contribution is 0.0430. The Bertz CT molecular complexity index is 2040. The van der Waals surface area contributed by atoms with Crippen LogP contribution in [0.25, 0.3) is 27.5 Å². The van der Waals surface area contributed by atoms with Crippen molar-refractivity contribution in [3.63, 3.8) is 0 Å². The molecule has 0 saturated carbocycles. The normalized spacial score (nSPS) is 15.1. The number of likely N-dealkylation sites (N-methyl/N-ethyl adjacent to an activating group) is 1. The maximum Gasteiger partial charge on any atom is 0.424 e. The molecule has 0 radical (unpaired) electrons. The van der Waals surface area contributed by atoms with Crippen LogP contribution in [0.4, 0.5) is 31.3 Å². The summed E-state index contributed by atoms with van der Waals surface area (Å²) < 4.78 is 54.4. The molecule has 0 fully saturated rings. The van der Waals surface area contributed by atoms with Gasteiger partial charge in [0.15, 0.2) is 11.7 Å². The summed E-state index contributed by atoms with van der Waals surface area (Å²) in [5.41, 5.74) is 0.279. The fourth-order valence-electron chi connectivity index (χ4n) is 5.03. The number of anilines is 3. The van der Waals surface area contributed by atoms with Crippen LogP contribution < -0.4 is 10.2 Å². The molecule has 0 unspecified atom stereocenters. The number of carbonyl (C=O) groups excluding carboxylic acids is 2. The Morgan fingerprint density at radius 1 is 0.938 bits per heavy atom. The first-order chi connectivity index (χ1) is 22.2. The smallest absolute Gasteiger partial charge is 0.424 e. The molecule has 0 bridgehead atoms. The molecule has 2 amide bonds. The third-order valence-corrected chi connectivity index (χ3v) is 8.90. The number of sulfonamides is 1. The van der Waals surface area contributed by atoms with Crippen LogP contribution in [0.2, 0.25) is 0 Å². The first-order valence-corrected chi connectivity index (χ1v) is 16.6. The summed E-state index contributed by atoms with van der Waals surface area (Å²) in [6.07, 6.45) is 2.33. The lowest BCUT2D eigenvalue weighted by atomic mass is 9.98. The molecule has 0 spiro atoms. The molecule has 0 aliphatic carbocycles. The average molecular weight is 680 g/mol. The second-order valence-electron chi connectivity index (χ2n) is 13.5. The van der Waals surface area contributed by atoms with Crippen LogP contribution in [0.5, 0.6) is 0 Å². The third kappa shape index (κ3) is 7.31. The zero-order valence-electron chi connectivity index (χ0n) is 28.1. The fraction of sp³-hybridized carbons (Fsp3) is 0.364. The number of nitrogens with one attached hydrogen (secondary N) is 1. The topological polar surface area (TPSA) is 149 Å². The Labute approximate surface area is 278 Å². The van der Waals surface area contributed by atoms with Crippen LogP contribution in [0.3, 0.4) is 0 Å². The largest absolute Gasteiger partial charge is 0.443 e. The summed E-state index contributed by atoms with van der Waals surface area (Å²) >= 11 is 0. The number of hydrogen-bond donors (Lipinski definition) is 1. The molecular weight excluding hydrogens is 641 g/mol. The van der Waals surface area contributed by atoms with E-state index in [2.05, 4.69) is 27.0 Å². The zero-order chi connectivity index (χ0) is 35.3.